The highest BCUT2D eigenvalue weighted by molar-refractivity contribution is 6.39. The smallest absolute Gasteiger partial charge is 0.0774 e. The van der Waals surface area contributed by atoms with Gasteiger partial charge in [-0.25, -0.2) is 0 Å². The van der Waals surface area contributed by atoms with Crippen LogP contribution in [0.4, 0.5) is 0 Å². The Bertz CT molecular complexity index is 204. The predicted molar refractivity (Wildman–Crippen MR) is 47.8 cm³/mol. The average Bonchev–Trinajstić information content (AvgIpc) is 2.82. The fourth-order valence-corrected chi connectivity index (χ4v) is 1.50. The highest BCUT2D eigenvalue weighted by Crippen LogP contribution is 2.53. The zero-order chi connectivity index (χ0) is 8.48. The molecule has 0 radical (unpaired) electrons. The van der Waals surface area contributed by atoms with Crippen LogP contribution in [-0.4, -0.2) is 6.21 Å². The zero-order valence-corrected chi connectivity index (χ0v) is 7.41. The van der Waals surface area contributed by atoms with Crippen molar-refractivity contribution in [3.8, 4) is 0 Å². The molecule has 0 saturated heterocycles. The average molecular weight is 173 g/mol. The van der Waals surface area contributed by atoms with Gasteiger partial charge in [0.1, 0.15) is 0 Å². The Kier molecular flexibility index (Phi) is 2.23. The third-order valence-corrected chi connectivity index (χ3v) is 2.80. The van der Waals surface area contributed by atoms with Crippen molar-refractivity contribution < 1.29 is 0 Å². The first-order valence-electron chi connectivity index (χ1n) is 3.82. The summed E-state index contributed by atoms with van der Waals surface area (Å²) in [5.74, 6) is 0. The summed E-state index contributed by atoms with van der Waals surface area (Å²) < 4.78 is 0. The Labute approximate surface area is 71.9 Å². The molecule has 3 heteroatoms. The fraction of sp³-hybridized carbons (Fsp3) is 0.625. The van der Waals surface area contributed by atoms with Crippen LogP contribution in [-0.2, 0) is 0 Å². The predicted octanol–water partition coefficient (Wildman–Crippen LogP) is 2.24. The first-order chi connectivity index (χ1) is 5.16. The van der Waals surface area contributed by atoms with Crippen molar-refractivity contribution in [2.75, 3.05) is 0 Å². The molecule has 0 atom stereocenters. The fourth-order valence-electron chi connectivity index (χ4n) is 1.30. The lowest BCUT2D eigenvalue weighted by molar-refractivity contribution is 0.576. The van der Waals surface area contributed by atoms with E-state index in [9.17, 15) is 0 Å². The van der Waals surface area contributed by atoms with Crippen molar-refractivity contribution in [1.82, 2.24) is 0 Å². The second-order valence-electron chi connectivity index (χ2n) is 3.04. The van der Waals surface area contributed by atoms with Gasteiger partial charge in [0.05, 0.1) is 5.03 Å². The first-order valence-corrected chi connectivity index (χ1v) is 4.20. The molecule has 0 aromatic heterocycles. The van der Waals surface area contributed by atoms with E-state index in [0.717, 1.165) is 25.5 Å². The van der Waals surface area contributed by atoms with Gasteiger partial charge in [0.2, 0.25) is 0 Å². The third kappa shape index (κ3) is 1.41. The van der Waals surface area contributed by atoms with E-state index in [4.69, 9.17) is 22.7 Å². The number of allylic oxidation sites excluding steroid dienone is 2. The van der Waals surface area contributed by atoms with Gasteiger partial charge in [-0.1, -0.05) is 18.5 Å². The van der Waals surface area contributed by atoms with E-state index in [-0.39, 0.29) is 5.41 Å². The maximum atomic E-state index is 6.93. The maximum Gasteiger partial charge on any atom is 0.0774 e. The van der Waals surface area contributed by atoms with E-state index in [2.05, 4.69) is 6.92 Å². The molecule has 1 saturated carbocycles. The van der Waals surface area contributed by atoms with E-state index in [1.807, 2.05) is 0 Å². The minimum Gasteiger partial charge on any atom is -0.400 e. The molecule has 0 spiro atoms. The highest BCUT2D eigenvalue weighted by atomic mass is 35.5. The third-order valence-electron chi connectivity index (χ3n) is 2.49. The van der Waals surface area contributed by atoms with Crippen LogP contribution in [0.15, 0.2) is 10.7 Å². The summed E-state index contributed by atoms with van der Waals surface area (Å²) >= 11 is 5.73. The van der Waals surface area contributed by atoms with Gasteiger partial charge in [0.15, 0.2) is 0 Å². The summed E-state index contributed by atoms with van der Waals surface area (Å²) in [5.41, 5.74) is 6.63. The first kappa shape index (κ1) is 8.60. The maximum absolute atomic E-state index is 6.93. The Morgan fingerprint density at radius 3 is 2.55 bits per heavy atom. The van der Waals surface area contributed by atoms with Crippen LogP contribution in [0.1, 0.15) is 26.2 Å². The van der Waals surface area contributed by atoms with Gasteiger partial charge in [0, 0.05) is 17.3 Å². The summed E-state index contributed by atoms with van der Waals surface area (Å²) in [6, 6.07) is 0. The minimum atomic E-state index is 0.147. The summed E-state index contributed by atoms with van der Waals surface area (Å²) in [5, 5.41) is 7.33. The van der Waals surface area contributed by atoms with Gasteiger partial charge in [-0.2, -0.15) is 0 Å². The van der Waals surface area contributed by atoms with Crippen molar-refractivity contribution in [3.05, 3.63) is 10.7 Å². The Morgan fingerprint density at radius 2 is 2.27 bits per heavy atom. The van der Waals surface area contributed by atoms with Gasteiger partial charge in [-0.3, -0.25) is 0 Å². The molecule has 1 aliphatic carbocycles. The number of hydrogen-bond acceptors (Lipinski definition) is 2. The minimum absolute atomic E-state index is 0.147. The van der Waals surface area contributed by atoms with Crippen molar-refractivity contribution in [2.24, 2.45) is 11.1 Å². The Balaban J connectivity index is 2.82. The molecular weight excluding hydrogens is 160 g/mol. The van der Waals surface area contributed by atoms with Crippen LogP contribution in [0.3, 0.4) is 0 Å². The lowest BCUT2D eigenvalue weighted by atomic mass is 9.99. The number of rotatable bonds is 3. The summed E-state index contributed by atoms with van der Waals surface area (Å²) in [4.78, 5) is 0. The monoisotopic (exact) mass is 172 g/mol. The number of nitrogens with two attached hydrogens (primary N) is 1. The lowest BCUT2D eigenvalue weighted by Crippen LogP contribution is -2.13. The SMILES string of the molecule is CCC1(/C(N)=C(\Cl)C=N)CC1. The molecule has 0 amide bonds. The zero-order valence-electron chi connectivity index (χ0n) is 6.65. The van der Waals surface area contributed by atoms with Crippen LogP contribution in [0.5, 0.6) is 0 Å². The second kappa shape index (κ2) is 2.86. The molecule has 62 valence electrons. The van der Waals surface area contributed by atoms with Crippen LogP contribution in [0, 0.1) is 10.8 Å². The summed E-state index contributed by atoms with van der Waals surface area (Å²) in [6.07, 6.45) is 4.40. The van der Waals surface area contributed by atoms with Gasteiger partial charge in [0.25, 0.3) is 0 Å². The number of hydrogen-bond donors (Lipinski definition) is 2. The highest BCUT2D eigenvalue weighted by Gasteiger charge is 2.44. The molecule has 1 fully saturated rings. The Morgan fingerprint density at radius 1 is 1.73 bits per heavy atom. The molecule has 0 unspecified atom stereocenters. The van der Waals surface area contributed by atoms with Crippen molar-refractivity contribution in [2.45, 2.75) is 26.2 Å². The molecule has 2 nitrogen and oxygen atoms in total. The molecule has 0 aromatic rings. The molecule has 0 heterocycles. The van der Waals surface area contributed by atoms with E-state index in [1.165, 1.54) is 0 Å². The summed E-state index contributed by atoms with van der Waals surface area (Å²) in [6.45, 7) is 2.11. The molecule has 11 heavy (non-hydrogen) atoms. The number of halogens is 1. The van der Waals surface area contributed by atoms with Crippen molar-refractivity contribution >= 4 is 17.8 Å². The molecule has 1 rings (SSSR count). The molecule has 1 aliphatic rings. The van der Waals surface area contributed by atoms with Gasteiger partial charge in [-0.05, 0) is 19.3 Å². The normalized spacial score (nSPS) is 22.4. The number of nitrogens with one attached hydrogen (secondary N) is 1. The van der Waals surface area contributed by atoms with E-state index in [1.54, 1.807) is 0 Å². The van der Waals surface area contributed by atoms with E-state index in [0.29, 0.717) is 10.7 Å². The van der Waals surface area contributed by atoms with E-state index >= 15 is 0 Å². The van der Waals surface area contributed by atoms with Gasteiger partial charge >= 0.3 is 0 Å². The van der Waals surface area contributed by atoms with Crippen LogP contribution in [0.25, 0.3) is 0 Å². The van der Waals surface area contributed by atoms with Gasteiger partial charge < -0.3 is 11.1 Å². The standard InChI is InChI=1S/C8H13ClN2/c1-2-8(3-4-8)7(11)6(9)5-10/h5,10H,2-4,11H2,1H3/b7-6+,10-5?. The molecular formula is C8H13ClN2. The molecule has 0 aromatic carbocycles. The quantitative estimate of drug-likeness (QED) is 0.631. The van der Waals surface area contributed by atoms with E-state index < -0.39 is 0 Å². The van der Waals surface area contributed by atoms with Crippen molar-refractivity contribution in [1.29, 1.82) is 5.41 Å². The topological polar surface area (TPSA) is 49.9 Å². The van der Waals surface area contributed by atoms with Crippen LogP contribution < -0.4 is 5.73 Å². The summed E-state index contributed by atoms with van der Waals surface area (Å²) in [7, 11) is 0. The van der Waals surface area contributed by atoms with Crippen LogP contribution >= 0.6 is 11.6 Å². The Hall–Kier alpha value is -0.500. The molecule has 0 bridgehead atoms. The second-order valence-corrected chi connectivity index (χ2v) is 3.45. The van der Waals surface area contributed by atoms with Crippen LogP contribution in [0.2, 0.25) is 0 Å². The largest absolute Gasteiger partial charge is 0.400 e. The molecule has 0 aliphatic heterocycles. The van der Waals surface area contributed by atoms with Gasteiger partial charge in [-0.15, -0.1) is 0 Å². The lowest BCUT2D eigenvalue weighted by Gasteiger charge is -2.12. The van der Waals surface area contributed by atoms with Crippen molar-refractivity contribution in [3.63, 3.8) is 0 Å². The molecule has 3 N–H and O–H groups in total.